The van der Waals surface area contributed by atoms with Crippen LogP contribution in [0.3, 0.4) is 0 Å². The Bertz CT molecular complexity index is 984. The van der Waals surface area contributed by atoms with Crippen LogP contribution >= 0.6 is 0 Å². The molecule has 4 aromatic rings. The standard InChI is InChI=1S/C19H17N3/c1-12(2)19(18-10-20-11-21-18)13-7-8-15-14-5-3-4-6-16(14)22-17(15)9-13/h3-11,22H,1-2H3,(H,20,21). The number of H-pyrrole nitrogens is 2. The van der Waals surface area contributed by atoms with Crippen molar-refractivity contribution < 1.29 is 0 Å². The monoisotopic (exact) mass is 287 g/mol. The smallest absolute Gasteiger partial charge is 0.0924 e. The molecule has 108 valence electrons. The molecule has 0 bridgehead atoms. The predicted octanol–water partition coefficient (Wildman–Crippen LogP) is 4.89. The van der Waals surface area contributed by atoms with Crippen LogP contribution in [0.25, 0.3) is 27.4 Å². The van der Waals surface area contributed by atoms with Gasteiger partial charge in [-0.3, -0.25) is 0 Å². The van der Waals surface area contributed by atoms with E-state index in [1.54, 1.807) is 6.33 Å². The van der Waals surface area contributed by atoms with Gasteiger partial charge in [-0.05, 0) is 31.5 Å². The minimum Gasteiger partial charge on any atom is -0.354 e. The van der Waals surface area contributed by atoms with Gasteiger partial charge < -0.3 is 9.97 Å². The number of rotatable bonds is 2. The molecule has 2 aromatic heterocycles. The fraction of sp³-hybridized carbons (Fsp3) is 0.105. The molecule has 2 heterocycles. The summed E-state index contributed by atoms with van der Waals surface area (Å²) < 4.78 is 0. The lowest BCUT2D eigenvalue weighted by Crippen LogP contribution is -1.91. The summed E-state index contributed by atoms with van der Waals surface area (Å²) in [7, 11) is 0. The first-order valence-electron chi connectivity index (χ1n) is 7.41. The Morgan fingerprint density at radius 1 is 0.955 bits per heavy atom. The Morgan fingerprint density at radius 3 is 2.55 bits per heavy atom. The third-order valence-electron chi connectivity index (χ3n) is 4.06. The minimum absolute atomic E-state index is 1.05. The first-order chi connectivity index (χ1) is 10.7. The van der Waals surface area contributed by atoms with Crippen molar-refractivity contribution in [2.45, 2.75) is 13.8 Å². The van der Waals surface area contributed by atoms with E-state index in [0.29, 0.717) is 0 Å². The first kappa shape index (κ1) is 12.9. The molecule has 0 spiro atoms. The van der Waals surface area contributed by atoms with Crippen LogP contribution < -0.4 is 0 Å². The number of aromatic amines is 2. The van der Waals surface area contributed by atoms with Gasteiger partial charge in [-0.2, -0.15) is 0 Å². The van der Waals surface area contributed by atoms with Gasteiger partial charge in [0, 0.05) is 27.4 Å². The average molecular weight is 287 g/mol. The summed E-state index contributed by atoms with van der Waals surface area (Å²) in [6.45, 7) is 4.26. The van der Waals surface area contributed by atoms with Gasteiger partial charge in [0.25, 0.3) is 0 Å². The number of hydrogen-bond acceptors (Lipinski definition) is 1. The molecular weight excluding hydrogens is 270 g/mol. The number of hydrogen-bond donors (Lipinski definition) is 2. The number of imidazole rings is 1. The maximum Gasteiger partial charge on any atom is 0.0924 e. The van der Waals surface area contributed by atoms with Crippen molar-refractivity contribution in [3.8, 4) is 0 Å². The maximum absolute atomic E-state index is 4.15. The predicted molar refractivity (Wildman–Crippen MR) is 91.8 cm³/mol. The zero-order chi connectivity index (χ0) is 15.1. The van der Waals surface area contributed by atoms with Crippen LogP contribution in [0.4, 0.5) is 0 Å². The lowest BCUT2D eigenvalue weighted by molar-refractivity contribution is 1.28. The fourth-order valence-electron chi connectivity index (χ4n) is 3.12. The lowest BCUT2D eigenvalue weighted by Gasteiger charge is -2.08. The van der Waals surface area contributed by atoms with Crippen LogP contribution in [-0.2, 0) is 0 Å². The van der Waals surface area contributed by atoms with Crippen molar-refractivity contribution in [2.75, 3.05) is 0 Å². The Balaban J connectivity index is 1.96. The summed E-state index contributed by atoms with van der Waals surface area (Å²) in [5.41, 5.74) is 7.06. The molecule has 0 fully saturated rings. The van der Waals surface area contributed by atoms with E-state index in [4.69, 9.17) is 0 Å². The quantitative estimate of drug-likeness (QED) is 0.542. The molecule has 3 nitrogen and oxygen atoms in total. The third kappa shape index (κ3) is 1.94. The van der Waals surface area contributed by atoms with Crippen LogP contribution in [0.5, 0.6) is 0 Å². The lowest BCUT2D eigenvalue weighted by atomic mass is 9.97. The molecule has 0 saturated carbocycles. The Morgan fingerprint density at radius 2 is 1.77 bits per heavy atom. The van der Waals surface area contributed by atoms with Gasteiger partial charge in [-0.25, -0.2) is 4.98 Å². The SMILES string of the molecule is CC(C)=C(c1ccc2c(c1)[nH]c1ccccc12)c1cnc[nH]1. The summed E-state index contributed by atoms with van der Waals surface area (Å²) in [5, 5.41) is 2.53. The van der Waals surface area contributed by atoms with Gasteiger partial charge in [-0.15, -0.1) is 0 Å². The van der Waals surface area contributed by atoms with Gasteiger partial charge in [0.15, 0.2) is 0 Å². The topological polar surface area (TPSA) is 44.5 Å². The molecule has 2 N–H and O–H groups in total. The van der Waals surface area contributed by atoms with E-state index in [0.717, 1.165) is 11.2 Å². The summed E-state index contributed by atoms with van der Waals surface area (Å²) >= 11 is 0. The number of allylic oxidation sites excluding steroid dienone is 1. The molecule has 4 rings (SSSR count). The van der Waals surface area contributed by atoms with Crippen molar-refractivity contribution in [3.63, 3.8) is 0 Å². The third-order valence-corrected chi connectivity index (χ3v) is 4.06. The molecule has 0 amide bonds. The number of benzene rings is 2. The van der Waals surface area contributed by atoms with Gasteiger partial charge in [0.2, 0.25) is 0 Å². The molecule has 0 radical (unpaired) electrons. The van der Waals surface area contributed by atoms with E-state index in [2.05, 4.69) is 71.3 Å². The number of nitrogens with one attached hydrogen (secondary N) is 2. The zero-order valence-corrected chi connectivity index (χ0v) is 12.6. The highest BCUT2D eigenvalue weighted by molar-refractivity contribution is 6.08. The Hall–Kier alpha value is -2.81. The van der Waals surface area contributed by atoms with E-state index < -0.39 is 0 Å². The van der Waals surface area contributed by atoms with Crippen LogP contribution in [0, 0.1) is 0 Å². The van der Waals surface area contributed by atoms with Crippen molar-refractivity contribution in [1.29, 1.82) is 0 Å². The fourth-order valence-corrected chi connectivity index (χ4v) is 3.12. The summed E-state index contributed by atoms with van der Waals surface area (Å²) in [6.07, 6.45) is 3.59. The van der Waals surface area contributed by atoms with E-state index in [1.807, 2.05) is 6.20 Å². The summed E-state index contributed by atoms with van der Waals surface area (Å²) in [5.74, 6) is 0. The molecule has 0 aliphatic heterocycles. The van der Waals surface area contributed by atoms with Gasteiger partial charge >= 0.3 is 0 Å². The molecule has 0 unspecified atom stereocenters. The second kappa shape index (κ2) is 4.88. The van der Waals surface area contributed by atoms with Crippen LogP contribution in [0.2, 0.25) is 0 Å². The van der Waals surface area contributed by atoms with Crippen LogP contribution in [-0.4, -0.2) is 15.0 Å². The molecule has 0 atom stereocenters. The van der Waals surface area contributed by atoms with E-state index in [9.17, 15) is 0 Å². The number of para-hydroxylation sites is 1. The minimum atomic E-state index is 1.05. The maximum atomic E-state index is 4.15. The molecule has 22 heavy (non-hydrogen) atoms. The molecule has 0 aliphatic rings. The van der Waals surface area contributed by atoms with Crippen LogP contribution in [0.1, 0.15) is 25.1 Å². The second-order valence-corrected chi connectivity index (χ2v) is 5.77. The van der Waals surface area contributed by atoms with E-state index in [1.165, 1.54) is 33.0 Å². The molecule has 0 saturated heterocycles. The largest absolute Gasteiger partial charge is 0.354 e. The summed E-state index contributed by atoms with van der Waals surface area (Å²) in [4.78, 5) is 10.9. The van der Waals surface area contributed by atoms with Gasteiger partial charge in [0.05, 0.1) is 18.2 Å². The number of nitrogens with zero attached hydrogens (tertiary/aromatic N) is 1. The highest BCUT2D eigenvalue weighted by atomic mass is 14.9. The highest BCUT2D eigenvalue weighted by Gasteiger charge is 2.11. The van der Waals surface area contributed by atoms with Gasteiger partial charge in [0.1, 0.15) is 0 Å². The van der Waals surface area contributed by atoms with Gasteiger partial charge in [-0.1, -0.05) is 35.9 Å². The summed E-state index contributed by atoms with van der Waals surface area (Å²) in [6, 6.07) is 15.0. The van der Waals surface area contributed by atoms with Crippen molar-refractivity contribution >= 4 is 27.4 Å². The second-order valence-electron chi connectivity index (χ2n) is 5.77. The molecule has 2 aromatic carbocycles. The average Bonchev–Trinajstić information content (AvgIpc) is 3.14. The number of fused-ring (bicyclic) bond motifs is 3. The van der Waals surface area contributed by atoms with Crippen molar-refractivity contribution in [2.24, 2.45) is 0 Å². The molecule has 3 heteroatoms. The van der Waals surface area contributed by atoms with Crippen molar-refractivity contribution in [3.05, 3.63) is 71.8 Å². The van der Waals surface area contributed by atoms with E-state index >= 15 is 0 Å². The number of aromatic nitrogens is 3. The molecular formula is C19H17N3. The highest BCUT2D eigenvalue weighted by Crippen LogP contribution is 2.31. The van der Waals surface area contributed by atoms with Crippen molar-refractivity contribution in [1.82, 2.24) is 15.0 Å². The molecule has 0 aliphatic carbocycles. The zero-order valence-electron chi connectivity index (χ0n) is 12.6. The Labute approximate surface area is 128 Å². The van der Waals surface area contributed by atoms with E-state index in [-0.39, 0.29) is 0 Å². The Kier molecular flexibility index (Phi) is 2.86. The first-order valence-corrected chi connectivity index (χ1v) is 7.41. The normalized spacial score (nSPS) is 11.2. The van der Waals surface area contributed by atoms with Crippen LogP contribution in [0.15, 0.2) is 60.6 Å².